The van der Waals surface area contributed by atoms with Gasteiger partial charge in [0.1, 0.15) is 61.0 Å². The Morgan fingerprint density at radius 1 is 0.562 bits per heavy atom. The van der Waals surface area contributed by atoms with Crippen molar-refractivity contribution < 1.29 is 69.6 Å². The Morgan fingerprint density at radius 2 is 1.06 bits per heavy atom. The van der Waals surface area contributed by atoms with Gasteiger partial charge < -0.3 is 69.6 Å². The molecule has 0 bridgehead atoms. The number of aliphatic hydroxyl groups is 9. The predicted octanol–water partition coefficient (Wildman–Crippen LogP) is -5.52. The molecule has 0 radical (unpaired) electrons. The van der Waals surface area contributed by atoms with E-state index in [1.54, 1.807) is 0 Å². The maximum absolute atomic E-state index is 10.6. The SMILES string of the molecule is C[C@@H]1O[C@@H](O[C@H]2[C@H](O[C@H]3[C@H](O)[C@@H](O)C(O)O[C@@H]3CO)O[C@@H](C)[C@H](O)[C@H]2O)[C@H](O)[C@H](O)[C@H]1O. The van der Waals surface area contributed by atoms with Crippen molar-refractivity contribution in [2.24, 2.45) is 0 Å². The lowest BCUT2D eigenvalue weighted by molar-refractivity contribution is -0.383. The molecule has 0 amide bonds. The first-order valence-electron chi connectivity index (χ1n) is 10.3. The summed E-state index contributed by atoms with van der Waals surface area (Å²) in [6.07, 6.45) is -22.5. The molecule has 3 saturated heterocycles. The average Bonchev–Trinajstić information content (AvgIpc) is 2.76. The van der Waals surface area contributed by atoms with Gasteiger partial charge in [0.2, 0.25) is 0 Å². The Kier molecular flexibility index (Phi) is 8.44. The van der Waals surface area contributed by atoms with Crippen molar-refractivity contribution in [3.63, 3.8) is 0 Å². The zero-order chi connectivity index (χ0) is 23.9. The van der Waals surface area contributed by atoms with Crippen molar-refractivity contribution in [1.82, 2.24) is 0 Å². The van der Waals surface area contributed by atoms with E-state index in [1.807, 2.05) is 0 Å². The molecule has 9 N–H and O–H groups in total. The Bertz CT molecular complexity index is 608. The van der Waals surface area contributed by atoms with Gasteiger partial charge in [-0.2, -0.15) is 0 Å². The summed E-state index contributed by atoms with van der Waals surface area (Å²) in [7, 11) is 0. The van der Waals surface area contributed by atoms with Gasteiger partial charge in [-0.15, -0.1) is 0 Å². The summed E-state index contributed by atoms with van der Waals surface area (Å²) in [5.74, 6) is 0. The van der Waals surface area contributed by atoms with Gasteiger partial charge >= 0.3 is 0 Å². The van der Waals surface area contributed by atoms with Crippen LogP contribution in [-0.2, 0) is 23.7 Å². The van der Waals surface area contributed by atoms with Gasteiger partial charge in [0, 0.05) is 0 Å². The molecule has 188 valence electrons. The molecular formula is C18H32O14. The van der Waals surface area contributed by atoms with Crippen LogP contribution in [0.1, 0.15) is 13.8 Å². The second-order valence-electron chi connectivity index (χ2n) is 8.30. The molecule has 15 atom stereocenters. The van der Waals surface area contributed by atoms with Crippen molar-refractivity contribution in [3.8, 4) is 0 Å². The lowest BCUT2D eigenvalue weighted by Gasteiger charge is -2.47. The largest absolute Gasteiger partial charge is 0.394 e. The van der Waals surface area contributed by atoms with E-state index >= 15 is 0 Å². The Balaban J connectivity index is 1.81. The number of hydrogen-bond acceptors (Lipinski definition) is 14. The summed E-state index contributed by atoms with van der Waals surface area (Å²) >= 11 is 0. The molecule has 0 spiro atoms. The molecule has 0 aliphatic carbocycles. The second-order valence-corrected chi connectivity index (χ2v) is 8.30. The minimum Gasteiger partial charge on any atom is -0.394 e. The molecule has 0 saturated carbocycles. The third-order valence-corrected chi connectivity index (χ3v) is 6.01. The normalized spacial score (nSPS) is 55.0. The highest BCUT2D eigenvalue weighted by Gasteiger charge is 2.52. The van der Waals surface area contributed by atoms with Gasteiger partial charge in [-0.05, 0) is 13.8 Å². The number of hydrogen-bond donors (Lipinski definition) is 9. The van der Waals surface area contributed by atoms with E-state index in [0.717, 1.165) is 0 Å². The van der Waals surface area contributed by atoms with Crippen LogP contribution in [0.2, 0.25) is 0 Å². The molecule has 0 aromatic heterocycles. The Morgan fingerprint density at radius 3 is 1.66 bits per heavy atom. The molecule has 3 heterocycles. The zero-order valence-corrected chi connectivity index (χ0v) is 17.4. The van der Waals surface area contributed by atoms with E-state index in [9.17, 15) is 46.0 Å². The zero-order valence-electron chi connectivity index (χ0n) is 17.4. The average molecular weight is 472 g/mol. The highest BCUT2D eigenvalue weighted by atomic mass is 16.8. The molecule has 14 nitrogen and oxygen atoms in total. The number of rotatable bonds is 5. The first-order chi connectivity index (χ1) is 15.0. The fourth-order valence-electron chi connectivity index (χ4n) is 3.93. The molecule has 1 unspecified atom stereocenters. The fraction of sp³-hybridized carbons (Fsp3) is 1.00. The van der Waals surface area contributed by atoms with Crippen LogP contribution < -0.4 is 0 Å². The molecule has 3 aliphatic heterocycles. The first kappa shape index (κ1) is 26.1. The van der Waals surface area contributed by atoms with E-state index in [0.29, 0.717) is 0 Å². The van der Waals surface area contributed by atoms with Crippen LogP contribution in [-0.4, -0.2) is 145 Å². The second kappa shape index (κ2) is 10.4. The predicted molar refractivity (Wildman–Crippen MR) is 98.4 cm³/mol. The monoisotopic (exact) mass is 472 g/mol. The minimum absolute atomic E-state index is 0.712. The van der Waals surface area contributed by atoms with E-state index in [-0.39, 0.29) is 0 Å². The van der Waals surface area contributed by atoms with E-state index in [2.05, 4.69) is 0 Å². The Hall–Kier alpha value is -0.560. The topological polar surface area (TPSA) is 228 Å². The van der Waals surface area contributed by atoms with Crippen LogP contribution in [0.3, 0.4) is 0 Å². The maximum Gasteiger partial charge on any atom is 0.187 e. The highest BCUT2D eigenvalue weighted by molar-refractivity contribution is 4.95. The van der Waals surface area contributed by atoms with Crippen molar-refractivity contribution in [3.05, 3.63) is 0 Å². The van der Waals surface area contributed by atoms with Crippen molar-refractivity contribution in [2.45, 2.75) is 106 Å². The van der Waals surface area contributed by atoms with E-state index < -0.39 is 98.7 Å². The lowest BCUT2D eigenvalue weighted by Crippen LogP contribution is -2.66. The minimum atomic E-state index is -1.78. The number of ether oxygens (including phenoxy) is 5. The van der Waals surface area contributed by atoms with Crippen LogP contribution in [0, 0.1) is 0 Å². The summed E-state index contributed by atoms with van der Waals surface area (Å²) in [6.45, 7) is 2.13. The molecule has 3 rings (SSSR count). The number of aliphatic hydroxyl groups excluding tert-OH is 9. The van der Waals surface area contributed by atoms with Crippen molar-refractivity contribution >= 4 is 0 Å². The molecular weight excluding hydrogens is 440 g/mol. The van der Waals surface area contributed by atoms with Crippen LogP contribution in [0.5, 0.6) is 0 Å². The van der Waals surface area contributed by atoms with Crippen LogP contribution in [0.15, 0.2) is 0 Å². The van der Waals surface area contributed by atoms with Crippen molar-refractivity contribution in [1.29, 1.82) is 0 Å². The van der Waals surface area contributed by atoms with Gasteiger partial charge in [0.05, 0.1) is 18.8 Å². The molecule has 32 heavy (non-hydrogen) atoms. The van der Waals surface area contributed by atoms with Crippen LogP contribution >= 0.6 is 0 Å². The molecule has 3 aliphatic rings. The fourth-order valence-corrected chi connectivity index (χ4v) is 3.93. The standard InChI is InChI=1S/C18H32O14/c1-4-7(20)9(22)13(26)17(28-4)32-15-10(23)8(21)5(2)29-18(15)31-14-6(3-19)30-16(27)12(25)11(14)24/h4-27H,3H2,1-2H3/t4-,5-,6+,7-,8-,9+,10+,11+,12+,13+,14+,15+,16?,17-,18-/m0/s1. The van der Waals surface area contributed by atoms with Gasteiger partial charge in [0.15, 0.2) is 18.9 Å². The first-order valence-corrected chi connectivity index (χ1v) is 10.3. The summed E-state index contributed by atoms with van der Waals surface area (Å²) in [5, 5.41) is 90.2. The summed E-state index contributed by atoms with van der Waals surface area (Å²) < 4.78 is 27.1. The van der Waals surface area contributed by atoms with Crippen molar-refractivity contribution in [2.75, 3.05) is 6.61 Å². The van der Waals surface area contributed by atoms with Crippen LogP contribution in [0.25, 0.3) is 0 Å². The van der Waals surface area contributed by atoms with E-state index in [4.69, 9.17) is 23.7 Å². The summed E-state index contributed by atoms with van der Waals surface area (Å²) in [6, 6.07) is 0. The van der Waals surface area contributed by atoms with Crippen LogP contribution in [0.4, 0.5) is 0 Å². The molecule has 3 fully saturated rings. The van der Waals surface area contributed by atoms with Gasteiger partial charge in [0.25, 0.3) is 0 Å². The van der Waals surface area contributed by atoms with Gasteiger partial charge in [-0.3, -0.25) is 0 Å². The molecule has 0 aromatic rings. The maximum atomic E-state index is 10.6. The highest BCUT2D eigenvalue weighted by Crippen LogP contribution is 2.32. The summed E-state index contributed by atoms with van der Waals surface area (Å²) in [5.41, 5.74) is 0. The molecule has 0 aromatic carbocycles. The van der Waals surface area contributed by atoms with Gasteiger partial charge in [-0.25, -0.2) is 0 Å². The third kappa shape index (κ3) is 4.94. The smallest absolute Gasteiger partial charge is 0.187 e. The van der Waals surface area contributed by atoms with Gasteiger partial charge in [-0.1, -0.05) is 0 Å². The van der Waals surface area contributed by atoms with E-state index in [1.165, 1.54) is 13.8 Å². The third-order valence-electron chi connectivity index (χ3n) is 6.01. The lowest BCUT2D eigenvalue weighted by atomic mass is 9.96. The molecule has 14 heteroatoms. The quantitative estimate of drug-likeness (QED) is 0.182. The summed E-state index contributed by atoms with van der Waals surface area (Å²) in [4.78, 5) is 0. The Labute approximate surface area is 183 Å².